The first-order chi connectivity index (χ1) is 13.1. The number of benzene rings is 2. The molecular formula is C20H19N5OS. The second-order valence-electron chi connectivity index (χ2n) is 6.35. The molecule has 6 nitrogen and oxygen atoms in total. The number of rotatable bonds is 5. The zero-order valence-electron chi connectivity index (χ0n) is 15.4. The lowest BCUT2D eigenvalue weighted by Gasteiger charge is -2.10. The lowest BCUT2D eigenvalue weighted by Crippen LogP contribution is -2.00. The summed E-state index contributed by atoms with van der Waals surface area (Å²) in [7, 11) is 0. The van der Waals surface area contributed by atoms with Gasteiger partial charge >= 0.3 is 0 Å². The highest BCUT2D eigenvalue weighted by Gasteiger charge is 2.17. The Bertz CT molecular complexity index is 1050. The molecule has 27 heavy (non-hydrogen) atoms. The molecule has 7 heteroatoms. The maximum atomic E-state index is 5.47. The Hall–Kier alpha value is -2.93. The minimum atomic E-state index is 0.540. The number of aryl methyl sites for hydroxylation is 3. The SMILES string of the molecule is Cc1ccc(-c2nnc(SCc3nnc(C)o3)n2-c2ccc(C)cc2)cc1. The van der Waals surface area contributed by atoms with E-state index in [0.717, 1.165) is 22.2 Å². The first kappa shape index (κ1) is 17.5. The Kier molecular flexibility index (Phi) is 4.77. The first-order valence-electron chi connectivity index (χ1n) is 8.61. The van der Waals surface area contributed by atoms with Crippen LogP contribution in [0, 0.1) is 20.8 Å². The molecule has 0 spiro atoms. The monoisotopic (exact) mass is 377 g/mol. The third-order valence-electron chi connectivity index (χ3n) is 4.13. The van der Waals surface area contributed by atoms with Crippen LogP contribution in [-0.4, -0.2) is 25.0 Å². The lowest BCUT2D eigenvalue weighted by atomic mass is 10.1. The predicted octanol–water partition coefficient (Wildman–Crippen LogP) is 4.53. The first-order valence-corrected chi connectivity index (χ1v) is 9.60. The van der Waals surface area contributed by atoms with Crippen molar-refractivity contribution in [3.8, 4) is 17.1 Å². The lowest BCUT2D eigenvalue weighted by molar-refractivity contribution is 0.485. The molecule has 0 radical (unpaired) electrons. The van der Waals surface area contributed by atoms with E-state index in [1.54, 1.807) is 6.92 Å². The van der Waals surface area contributed by atoms with Gasteiger partial charge < -0.3 is 4.42 Å². The molecule has 0 aliphatic heterocycles. The largest absolute Gasteiger partial charge is 0.425 e. The molecule has 0 aliphatic carbocycles. The van der Waals surface area contributed by atoms with Crippen LogP contribution in [0.2, 0.25) is 0 Å². The molecule has 0 N–H and O–H groups in total. The Morgan fingerprint density at radius 1 is 0.815 bits per heavy atom. The maximum Gasteiger partial charge on any atom is 0.226 e. The average molecular weight is 377 g/mol. The second-order valence-corrected chi connectivity index (χ2v) is 7.29. The third kappa shape index (κ3) is 3.78. The third-order valence-corrected chi connectivity index (χ3v) is 5.04. The molecule has 0 fully saturated rings. The van der Waals surface area contributed by atoms with Crippen molar-refractivity contribution in [2.45, 2.75) is 31.7 Å². The van der Waals surface area contributed by atoms with Crippen LogP contribution in [0.5, 0.6) is 0 Å². The molecule has 0 bridgehead atoms. The van der Waals surface area contributed by atoms with Crippen molar-refractivity contribution in [1.82, 2.24) is 25.0 Å². The van der Waals surface area contributed by atoms with Gasteiger partial charge in [-0.05, 0) is 26.0 Å². The Morgan fingerprint density at radius 2 is 1.48 bits per heavy atom. The highest BCUT2D eigenvalue weighted by Crippen LogP contribution is 2.29. The summed E-state index contributed by atoms with van der Waals surface area (Å²) >= 11 is 1.52. The molecule has 0 atom stereocenters. The number of aromatic nitrogens is 5. The normalized spacial score (nSPS) is 11.1. The fourth-order valence-corrected chi connectivity index (χ4v) is 3.49. The molecular weight excluding hydrogens is 358 g/mol. The molecule has 0 aliphatic rings. The highest BCUT2D eigenvalue weighted by molar-refractivity contribution is 7.98. The second kappa shape index (κ2) is 7.36. The van der Waals surface area contributed by atoms with Crippen molar-refractivity contribution in [1.29, 1.82) is 0 Å². The van der Waals surface area contributed by atoms with Crippen LogP contribution in [0.3, 0.4) is 0 Å². The molecule has 136 valence electrons. The van der Waals surface area contributed by atoms with Gasteiger partial charge in [-0.1, -0.05) is 59.3 Å². The van der Waals surface area contributed by atoms with Crippen molar-refractivity contribution in [2.24, 2.45) is 0 Å². The van der Waals surface area contributed by atoms with Crippen molar-refractivity contribution < 1.29 is 4.42 Å². The summed E-state index contributed by atoms with van der Waals surface area (Å²) in [6.07, 6.45) is 0. The average Bonchev–Trinajstić information content (AvgIpc) is 3.27. The fourth-order valence-electron chi connectivity index (χ4n) is 2.70. The van der Waals surface area contributed by atoms with Gasteiger partial charge in [0.05, 0.1) is 5.75 Å². The minimum Gasteiger partial charge on any atom is -0.425 e. The molecule has 0 unspecified atom stereocenters. The number of hydrogen-bond acceptors (Lipinski definition) is 6. The van der Waals surface area contributed by atoms with Crippen LogP contribution in [-0.2, 0) is 5.75 Å². The van der Waals surface area contributed by atoms with Crippen LogP contribution in [0.15, 0.2) is 58.1 Å². The zero-order valence-corrected chi connectivity index (χ0v) is 16.2. The van der Waals surface area contributed by atoms with Crippen LogP contribution < -0.4 is 0 Å². The van der Waals surface area contributed by atoms with Crippen LogP contribution in [0.1, 0.15) is 22.9 Å². The van der Waals surface area contributed by atoms with E-state index in [0.29, 0.717) is 17.5 Å². The van der Waals surface area contributed by atoms with Gasteiger partial charge in [0.25, 0.3) is 0 Å². The van der Waals surface area contributed by atoms with Gasteiger partial charge in [0.2, 0.25) is 11.8 Å². The van der Waals surface area contributed by atoms with Crippen molar-refractivity contribution >= 4 is 11.8 Å². The van der Waals surface area contributed by atoms with Crippen LogP contribution >= 0.6 is 11.8 Å². The van der Waals surface area contributed by atoms with Crippen LogP contribution in [0.4, 0.5) is 0 Å². The summed E-state index contributed by atoms with van der Waals surface area (Å²) in [5.41, 5.74) is 4.46. The molecule has 4 rings (SSSR count). The van der Waals surface area contributed by atoms with E-state index in [4.69, 9.17) is 4.42 Å². The summed E-state index contributed by atoms with van der Waals surface area (Å²) in [5, 5.41) is 17.6. The fraction of sp³-hybridized carbons (Fsp3) is 0.200. The number of thioether (sulfide) groups is 1. The minimum absolute atomic E-state index is 0.540. The van der Waals surface area contributed by atoms with E-state index in [1.165, 1.54) is 22.9 Å². The van der Waals surface area contributed by atoms with Gasteiger partial charge in [0.15, 0.2) is 11.0 Å². The van der Waals surface area contributed by atoms with Crippen LogP contribution in [0.25, 0.3) is 17.1 Å². The molecule has 0 saturated heterocycles. The standard InChI is InChI=1S/C20H19N5OS/c1-13-4-8-16(9-5-13)19-23-24-20(27-12-18-22-21-15(3)26-18)25(19)17-10-6-14(2)7-11-17/h4-11H,12H2,1-3H3. The van der Waals surface area contributed by atoms with E-state index in [-0.39, 0.29) is 0 Å². The van der Waals surface area contributed by atoms with Gasteiger partial charge in [0, 0.05) is 18.2 Å². The van der Waals surface area contributed by atoms with Gasteiger partial charge in [-0.15, -0.1) is 20.4 Å². The summed E-state index contributed by atoms with van der Waals surface area (Å²) < 4.78 is 7.54. The predicted molar refractivity (Wildman–Crippen MR) is 105 cm³/mol. The van der Waals surface area contributed by atoms with E-state index in [9.17, 15) is 0 Å². The molecule has 4 aromatic rings. The topological polar surface area (TPSA) is 69.6 Å². The van der Waals surface area contributed by atoms with Gasteiger partial charge in [-0.25, -0.2) is 0 Å². The van der Waals surface area contributed by atoms with Crippen molar-refractivity contribution in [3.05, 3.63) is 71.4 Å². The summed E-state index contributed by atoms with van der Waals surface area (Å²) in [4.78, 5) is 0. The Labute approximate surface area is 161 Å². The van der Waals surface area contributed by atoms with Gasteiger partial charge in [-0.3, -0.25) is 4.57 Å². The van der Waals surface area contributed by atoms with Gasteiger partial charge in [-0.2, -0.15) is 0 Å². The molecule has 2 heterocycles. The molecule has 2 aromatic carbocycles. The van der Waals surface area contributed by atoms with E-state index < -0.39 is 0 Å². The van der Waals surface area contributed by atoms with E-state index in [1.807, 2.05) is 0 Å². The quantitative estimate of drug-likeness (QED) is 0.476. The zero-order chi connectivity index (χ0) is 18.8. The molecule has 0 amide bonds. The van der Waals surface area contributed by atoms with Gasteiger partial charge in [0.1, 0.15) is 0 Å². The number of hydrogen-bond donors (Lipinski definition) is 0. The Balaban J connectivity index is 1.74. The summed E-state index contributed by atoms with van der Waals surface area (Å²) in [6.45, 7) is 5.93. The maximum absolute atomic E-state index is 5.47. The smallest absolute Gasteiger partial charge is 0.226 e. The molecule has 0 saturated carbocycles. The highest BCUT2D eigenvalue weighted by atomic mass is 32.2. The number of nitrogens with zero attached hydrogens (tertiary/aromatic N) is 5. The van der Waals surface area contributed by atoms with Crippen molar-refractivity contribution in [2.75, 3.05) is 0 Å². The Morgan fingerprint density at radius 3 is 2.11 bits per heavy atom. The van der Waals surface area contributed by atoms with E-state index in [2.05, 4.69) is 87.3 Å². The summed E-state index contributed by atoms with van der Waals surface area (Å²) in [6, 6.07) is 16.6. The molecule has 2 aromatic heterocycles. The van der Waals surface area contributed by atoms with E-state index >= 15 is 0 Å². The van der Waals surface area contributed by atoms with Crippen molar-refractivity contribution in [3.63, 3.8) is 0 Å². The summed E-state index contributed by atoms with van der Waals surface area (Å²) in [5.74, 6) is 2.49.